The van der Waals surface area contributed by atoms with Crippen molar-refractivity contribution < 1.29 is 10.0 Å². The Bertz CT molecular complexity index is 922. The van der Waals surface area contributed by atoms with Crippen LogP contribution < -0.4 is 10.4 Å². The highest BCUT2D eigenvalue weighted by Gasteiger charge is 2.37. The molecule has 25 heavy (non-hydrogen) atoms. The van der Waals surface area contributed by atoms with E-state index in [1.165, 1.54) is 11.1 Å². The van der Waals surface area contributed by atoms with Gasteiger partial charge in [0.05, 0.1) is 5.69 Å². The van der Waals surface area contributed by atoms with E-state index in [1.54, 1.807) is 6.07 Å². The van der Waals surface area contributed by atoms with Gasteiger partial charge in [-0.2, -0.15) is 0 Å². The fraction of sp³-hybridized carbons (Fsp3) is 0.143. The topological polar surface area (TPSA) is 43.7 Å². The fourth-order valence-corrected chi connectivity index (χ4v) is 3.75. The first kappa shape index (κ1) is 15.9. The summed E-state index contributed by atoms with van der Waals surface area (Å²) in [6.07, 6.45) is 0. The molecule has 4 heteroatoms. The van der Waals surface area contributed by atoms with Gasteiger partial charge in [0.15, 0.2) is 0 Å². The molecule has 0 atom stereocenters. The smallest absolute Gasteiger partial charge is 0.423 e. The number of rotatable bonds is 2. The summed E-state index contributed by atoms with van der Waals surface area (Å²) in [5.74, 6) is 0. The van der Waals surface area contributed by atoms with E-state index in [0.717, 1.165) is 17.1 Å². The van der Waals surface area contributed by atoms with Crippen LogP contribution in [0.2, 0.25) is 0 Å². The van der Waals surface area contributed by atoms with E-state index in [4.69, 9.17) is 0 Å². The predicted molar refractivity (Wildman–Crippen MR) is 103 cm³/mol. The number of fused-ring (bicyclic) bond motifs is 2. The molecule has 1 heterocycles. The molecule has 0 fully saturated rings. The van der Waals surface area contributed by atoms with Crippen molar-refractivity contribution >= 4 is 29.6 Å². The second-order valence-corrected chi connectivity index (χ2v) is 6.96. The molecule has 0 radical (unpaired) electrons. The molecule has 0 saturated heterocycles. The van der Waals surface area contributed by atoms with Gasteiger partial charge in [-0.3, -0.25) is 0 Å². The van der Waals surface area contributed by atoms with Crippen LogP contribution in [0.5, 0.6) is 0 Å². The van der Waals surface area contributed by atoms with E-state index in [2.05, 4.69) is 49.1 Å². The number of benzene rings is 3. The average Bonchev–Trinajstić information content (AvgIpc) is 2.62. The fourth-order valence-electron chi connectivity index (χ4n) is 3.75. The molecular formula is C21H20BNO2. The Morgan fingerprint density at radius 1 is 0.760 bits per heavy atom. The van der Waals surface area contributed by atoms with Gasteiger partial charge in [0.1, 0.15) is 0 Å². The Kier molecular flexibility index (Phi) is 3.67. The SMILES string of the molecule is CC1(C)c2ccccc2N(c2ccccc2)c2cc(B(O)O)ccc21. The van der Waals surface area contributed by atoms with E-state index < -0.39 is 7.12 Å². The van der Waals surface area contributed by atoms with Crippen molar-refractivity contribution in [1.82, 2.24) is 0 Å². The maximum absolute atomic E-state index is 9.64. The summed E-state index contributed by atoms with van der Waals surface area (Å²) in [5, 5.41) is 19.3. The zero-order valence-corrected chi connectivity index (χ0v) is 14.3. The monoisotopic (exact) mass is 329 g/mol. The van der Waals surface area contributed by atoms with E-state index in [1.807, 2.05) is 36.4 Å². The highest BCUT2D eigenvalue weighted by Crippen LogP contribution is 2.51. The van der Waals surface area contributed by atoms with Gasteiger partial charge in [-0.25, -0.2) is 0 Å². The van der Waals surface area contributed by atoms with Crippen LogP contribution >= 0.6 is 0 Å². The molecule has 0 unspecified atom stereocenters. The molecular weight excluding hydrogens is 309 g/mol. The van der Waals surface area contributed by atoms with Crippen LogP contribution in [0.25, 0.3) is 0 Å². The molecule has 3 aromatic rings. The molecule has 1 aliphatic rings. The molecule has 0 aromatic heterocycles. The Hall–Kier alpha value is -2.56. The minimum absolute atomic E-state index is 0.170. The molecule has 0 amide bonds. The molecule has 3 nitrogen and oxygen atoms in total. The number of para-hydroxylation sites is 2. The van der Waals surface area contributed by atoms with Crippen molar-refractivity contribution in [2.75, 3.05) is 4.90 Å². The first-order valence-corrected chi connectivity index (χ1v) is 8.45. The molecule has 2 N–H and O–H groups in total. The molecule has 124 valence electrons. The molecule has 0 saturated carbocycles. The van der Waals surface area contributed by atoms with Crippen LogP contribution in [0.15, 0.2) is 72.8 Å². The van der Waals surface area contributed by atoms with Gasteiger partial charge in [-0.05, 0) is 40.9 Å². The largest absolute Gasteiger partial charge is 0.488 e. The van der Waals surface area contributed by atoms with Gasteiger partial charge in [-0.1, -0.05) is 62.4 Å². The summed E-state index contributed by atoms with van der Waals surface area (Å²) in [7, 11) is -1.48. The van der Waals surface area contributed by atoms with Crippen molar-refractivity contribution in [3.63, 3.8) is 0 Å². The Morgan fingerprint density at radius 2 is 1.40 bits per heavy atom. The first-order valence-electron chi connectivity index (χ1n) is 8.45. The normalized spacial score (nSPS) is 14.6. The maximum atomic E-state index is 9.64. The lowest BCUT2D eigenvalue weighted by molar-refractivity contribution is 0.425. The van der Waals surface area contributed by atoms with Crippen molar-refractivity contribution in [2.45, 2.75) is 19.3 Å². The summed E-state index contributed by atoms with van der Waals surface area (Å²) >= 11 is 0. The maximum Gasteiger partial charge on any atom is 0.488 e. The van der Waals surface area contributed by atoms with Gasteiger partial charge < -0.3 is 14.9 Å². The lowest BCUT2D eigenvalue weighted by Crippen LogP contribution is -2.35. The first-order chi connectivity index (χ1) is 12.0. The summed E-state index contributed by atoms with van der Waals surface area (Å²) in [5.41, 5.74) is 5.90. The van der Waals surface area contributed by atoms with Gasteiger partial charge >= 0.3 is 7.12 Å². The summed E-state index contributed by atoms with van der Waals surface area (Å²) in [6.45, 7) is 4.42. The van der Waals surface area contributed by atoms with Gasteiger partial charge in [0.25, 0.3) is 0 Å². The lowest BCUT2D eigenvalue weighted by Gasteiger charge is -2.42. The number of hydrogen-bond acceptors (Lipinski definition) is 3. The van der Waals surface area contributed by atoms with Gasteiger partial charge in [0.2, 0.25) is 0 Å². The third-order valence-electron chi connectivity index (χ3n) is 5.07. The number of nitrogens with zero attached hydrogens (tertiary/aromatic N) is 1. The van der Waals surface area contributed by atoms with Crippen LogP contribution in [0.1, 0.15) is 25.0 Å². The zero-order chi connectivity index (χ0) is 17.6. The Labute approximate surface area is 148 Å². The summed E-state index contributed by atoms with van der Waals surface area (Å²) in [4.78, 5) is 2.20. The third-order valence-corrected chi connectivity index (χ3v) is 5.07. The highest BCUT2D eigenvalue weighted by atomic mass is 16.4. The van der Waals surface area contributed by atoms with Crippen LogP contribution in [-0.4, -0.2) is 17.2 Å². The minimum atomic E-state index is -1.48. The molecule has 0 spiro atoms. The minimum Gasteiger partial charge on any atom is -0.423 e. The second-order valence-electron chi connectivity index (χ2n) is 6.96. The highest BCUT2D eigenvalue weighted by molar-refractivity contribution is 6.58. The third kappa shape index (κ3) is 2.46. The van der Waals surface area contributed by atoms with Gasteiger partial charge in [0, 0.05) is 16.8 Å². The number of anilines is 3. The van der Waals surface area contributed by atoms with Gasteiger partial charge in [-0.15, -0.1) is 0 Å². The quantitative estimate of drug-likeness (QED) is 0.708. The van der Waals surface area contributed by atoms with Crippen LogP contribution in [-0.2, 0) is 5.41 Å². The number of hydrogen-bond donors (Lipinski definition) is 2. The van der Waals surface area contributed by atoms with Crippen LogP contribution in [0.4, 0.5) is 17.1 Å². The van der Waals surface area contributed by atoms with Crippen molar-refractivity contribution in [2.24, 2.45) is 0 Å². The van der Waals surface area contributed by atoms with Crippen LogP contribution in [0, 0.1) is 0 Å². The lowest BCUT2D eigenvalue weighted by atomic mass is 9.71. The molecule has 0 aliphatic carbocycles. The van der Waals surface area contributed by atoms with Crippen molar-refractivity contribution in [1.29, 1.82) is 0 Å². The molecule has 3 aromatic carbocycles. The molecule has 0 bridgehead atoms. The van der Waals surface area contributed by atoms with E-state index in [0.29, 0.717) is 5.46 Å². The Balaban J connectivity index is 2.04. The van der Waals surface area contributed by atoms with Crippen molar-refractivity contribution in [3.8, 4) is 0 Å². The van der Waals surface area contributed by atoms with E-state index >= 15 is 0 Å². The Morgan fingerprint density at radius 3 is 2.12 bits per heavy atom. The summed E-state index contributed by atoms with van der Waals surface area (Å²) in [6, 6.07) is 24.3. The van der Waals surface area contributed by atoms with E-state index in [9.17, 15) is 10.0 Å². The second kappa shape index (κ2) is 5.76. The molecule has 4 rings (SSSR count). The molecule has 1 aliphatic heterocycles. The van der Waals surface area contributed by atoms with Crippen molar-refractivity contribution in [3.05, 3.63) is 83.9 Å². The average molecular weight is 329 g/mol. The predicted octanol–water partition coefficient (Wildman–Crippen LogP) is 3.48. The summed E-state index contributed by atoms with van der Waals surface area (Å²) < 4.78 is 0. The van der Waals surface area contributed by atoms with E-state index in [-0.39, 0.29) is 5.41 Å². The standard InChI is InChI=1S/C21H20BNO2/c1-21(2)17-10-6-7-11-19(17)23(16-8-4-3-5-9-16)20-14-15(22(24)25)12-13-18(20)21/h3-14,24-25H,1-2H3. The van der Waals surface area contributed by atoms with Crippen LogP contribution in [0.3, 0.4) is 0 Å². The zero-order valence-electron chi connectivity index (χ0n) is 14.3.